The first kappa shape index (κ1) is 12.7. The average molecular weight is 312 g/mol. The quantitative estimate of drug-likeness (QED) is 0.690. The minimum atomic E-state index is -0.459. The van der Waals surface area contributed by atoms with Gasteiger partial charge in [0, 0.05) is 22.6 Å². The van der Waals surface area contributed by atoms with Crippen molar-refractivity contribution in [3.8, 4) is 5.69 Å². The van der Waals surface area contributed by atoms with Crippen LogP contribution in [0.15, 0.2) is 28.9 Å². The van der Waals surface area contributed by atoms with E-state index in [2.05, 4.69) is 26.2 Å². The second kappa shape index (κ2) is 4.83. The number of nitrogens with two attached hydrogens (primary N) is 1. The summed E-state index contributed by atoms with van der Waals surface area (Å²) in [6, 6.07) is 4.19. The average Bonchev–Trinajstić information content (AvgIpc) is 2.78. The lowest BCUT2D eigenvalue weighted by Crippen LogP contribution is -2.05. The fourth-order valence-corrected chi connectivity index (χ4v) is 1.82. The number of aromatic nitrogens is 3. The number of benzene rings is 1. The van der Waals surface area contributed by atoms with Crippen molar-refractivity contribution in [2.75, 3.05) is 0 Å². The van der Waals surface area contributed by atoms with Crippen LogP contribution in [0.5, 0.6) is 0 Å². The van der Waals surface area contributed by atoms with Gasteiger partial charge in [0.05, 0.1) is 22.5 Å². The van der Waals surface area contributed by atoms with Crippen LogP contribution in [0.3, 0.4) is 0 Å². The molecule has 2 rings (SSSR count). The van der Waals surface area contributed by atoms with Crippen molar-refractivity contribution in [1.82, 2.24) is 15.0 Å². The molecule has 1 heterocycles. The maximum Gasteiger partial charge on any atom is 0.271 e. The Balaban J connectivity index is 2.48. The summed E-state index contributed by atoms with van der Waals surface area (Å²) in [7, 11) is 0. The predicted octanol–water partition coefficient (Wildman–Crippen LogP) is 1.96. The van der Waals surface area contributed by atoms with E-state index < -0.39 is 4.92 Å². The van der Waals surface area contributed by atoms with Gasteiger partial charge in [-0.3, -0.25) is 10.1 Å². The molecule has 0 fully saturated rings. The van der Waals surface area contributed by atoms with Crippen LogP contribution < -0.4 is 5.73 Å². The third-order valence-corrected chi connectivity index (χ3v) is 3.04. The van der Waals surface area contributed by atoms with Gasteiger partial charge in [-0.05, 0) is 28.9 Å². The third-order valence-electron chi connectivity index (χ3n) is 2.36. The molecular formula is C10H10BrN5O2. The van der Waals surface area contributed by atoms with Crippen molar-refractivity contribution < 1.29 is 4.92 Å². The Hall–Kier alpha value is -1.80. The van der Waals surface area contributed by atoms with Crippen LogP contribution in [-0.4, -0.2) is 19.9 Å². The number of nitrogens with zero attached hydrogens (tertiary/aromatic N) is 4. The third kappa shape index (κ3) is 2.39. The van der Waals surface area contributed by atoms with Gasteiger partial charge in [-0.25, -0.2) is 4.68 Å². The molecule has 1 aromatic heterocycles. The Labute approximate surface area is 111 Å². The van der Waals surface area contributed by atoms with Crippen LogP contribution in [0.4, 0.5) is 5.69 Å². The number of nitro benzene ring substituents is 1. The standard InChI is InChI=1S/C10H10BrN5O2/c1-6(12)9-5-15(14-13-9)10-4-7(16(17)18)2-3-8(10)11/h2-6H,12H2,1H3. The van der Waals surface area contributed by atoms with E-state index in [9.17, 15) is 10.1 Å². The van der Waals surface area contributed by atoms with Crippen LogP contribution in [-0.2, 0) is 0 Å². The number of halogens is 1. The molecule has 18 heavy (non-hydrogen) atoms. The SMILES string of the molecule is CC(N)c1cn(-c2cc([N+](=O)[O-])ccc2Br)nn1. The maximum absolute atomic E-state index is 10.7. The second-order valence-electron chi connectivity index (χ2n) is 3.77. The molecule has 94 valence electrons. The van der Waals surface area contributed by atoms with E-state index in [0.29, 0.717) is 15.9 Å². The summed E-state index contributed by atoms with van der Waals surface area (Å²) >= 11 is 3.32. The zero-order valence-corrected chi connectivity index (χ0v) is 11.0. The van der Waals surface area contributed by atoms with Crippen LogP contribution in [0.1, 0.15) is 18.7 Å². The molecular weight excluding hydrogens is 302 g/mol. The van der Waals surface area contributed by atoms with E-state index in [4.69, 9.17) is 5.73 Å². The van der Waals surface area contributed by atoms with Crippen molar-refractivity contribution >= 4 is 21.6 Å². The molecule has 7 nitrogen and oxygen atoms in total. The van der Waals surface area contributed by atoms with Gasteiger partial charge in [0.2, 0.25) is 0 Å². The van der Waals surface area contributed by atoms with Crippen molar-refractivity contribution in [3.05, 3.63) is 44.7 Å². The first-order valence-electron chi connectivity index (χ1n) is 5.11. The molecule has 1 atom stereocenters. The molecule has 1 aromatic carbocycles. The highest BCUT2D eigenvalue weighted by Gasteiger charge is 2.13. The van der Waals surface area contributed by atoms with Gasteiger partial charge in [0.25, 0.3) is 5.69 Å². The van der Waals surface area contributed by atoms with Gasteiger partial charge in [-0.2, -0.15) is 0 Å². The zero-order valence-electron chi connectivity index (χ0n) is 9.45. The first-order valence-corrected chi connectivity index (χ1v) is 5.90. The fraction of sp³-hybridized carbons (Fsp3) is 0.200. The molecule has 0 radical (unpaired) electrons. The Morgan fingerprint density at radius 1 is 1.56 bits per heavy atom. The summed E-state index contributed by atoms with van der Waals surface area (Å²) in [6.07, 6.45) is 1.65. The van der Waals surface area contributed by atoms with Crippen molar-refractivity contribution in [3.63, 3.8) is 0 Å². The minimum absolute atomic E-state index is 0.00829. The molecule has 8 heteroatoms. The molecule has 2 N–H and O–H groups in total. The van der Waals surface area contributed by atoms with Gasteiger partial charge < -0.3 is 5.73 Å². The molecule has 2 aromatic rings. The molecule has 0 saturated carbocycles. The van der Waals surface area contributed by atoms with E-state index in [1.165, 1.54) is 16.8 Å². The molecule has 0 spiro atoms. The molecule has 0 saturated heterocycles. The Bertz CT molecular complexity index is 596. The Morgan fingerprint density at radius 2 is 2.28 bits per heavy atom. The van der Waals surface area contributed by atoms with Crippen LogP contribution in [0.2, 0.25) is 0 Å². The van der Waals surface area contributed by atoms with Gasteiger partial charge >= 0.3 is 0 Å². The summed E-state index contributed by atoms with van der Waals surface area (Å²) in [6.45, 7) is 1.79. The van der Waals surface area contributed by atoms with E-state index in [0.717, 1.165) is 0 Å². The Morgan fingerprint density at radius 3 is 2.83 bits per heavy atom. The lowest BCUT2D eigenvalue weighted by atomic mass is 10.2. The van der Waals surface area contributed by atoms with E-state index >= 15 is 0 Å². The van der Waals surface area contributed by atoms with Crippen molar-refractivity contribution in [2.45, 2.75) is 13.0 Å². The van der Waals surface area contributed by atoms with Crippen LogP contribution in [0, 0.1) is 10.1 Å². The van der Waals surface area contributed by atoms with Crippen molar-refractivity contribution in [2.24, 2.45) is 5.73 Å². The molecule has 0 amide bonds. The van der Waals surface area contributed by atoms with Gasteiger partial charge in [-0.15, -0.1) is 5.10 Å². The first-order chi connectivity index (χ1) is 8.49. The van der Waals surface area contributed by atoms with Gasteiger partial charge in [0.15, 0.2) is 0 Å². The van der Waals surface area contributed by atoms with Crippen LogP contribution >= 0.6 is 15.9 Å². The Kier molecular flexibility index (Phi) is 3.39. The summed E-state index contributed by atoms with van der Waals surface area (Å²) in [5.74, 6) is 0. The smallest absolute Gasteiger partial charge is 0.271 e. The van der Waals surface area contributed by atoms with Gasteiger partial charge in [0.1, 0.15) is 0 Å². The zero-order chi connectivity index (χ0) is 13.3. The normalized spacial score (nSPS) is 12.4. The lowest BCUT2D eigenvalue weighted by Gasteiger charge is -2.03. The minimum Gasteiger partial charge on any atom is -0.323 e. The maximum atomic E-state index is 10.7. The van der Waals surface area contributed by atoms with Crippen molar-refractivity contribution in [1.29, 1.82) is 0 Å². The number of non-ortho nitro benzene ring substituents is 1. The summed E-state index contributed by atoms with van der Waals surface area (Å²) in [5.41, 5.74) is 6.84. The molecule has 0 aliphatic heterocycles. The summed E-state index contributed by atoms with van der Waals surface area (Å²) in [5, 5.41) is 18.5. The highest BCUT2D eigenvalue weighted by molar-refractivity contribution is 9.10. The lowest BCUT2D eigenvalue weighted by molar-refractivity contribution is -0.384. The molecule has 0 aliphatic rings. The largest absolute Gasteiger partial charge is 0.323 e. The highest BCUT2D eigenvalue weighted by atomic mass is 79.9. The molecule has 0 bridgehead atoms. The summed E-state index contributed by atoms with van der Waals surface area (Å²) in [4.78, 5) is 10.3. The van der Waals surface area contributed by atoms with E-state index in [1.54, 1.807) is 19.2 Å². The molecule has 1 unspecified atom stereocenters. The monoisotopic (exact) mass is 311 g/mol. The van der Waals surface area contributed by atoms with E-state index in [-0.39, 0.29) is 11.7 Å². The topological polar surface area (TPSA) is 99.9 Å². The number of nitro groups is 1. The number of hydrogen-bond donors (Lipinski definition) is 1. The second-order valence-corrected chi connectivity index (χ2v) is 4.62. The van der Waals surface area contributed by atoms with E-state index in [1.807, 2.05) is 0 Å². The van der Waals surface area contributed by atoms with Gasteiger partial charge in [-0.1, -0.05) is 5.21 Å². The van der Waals surface area contributed by atoms with Crippen LogP contribution in [0.25, 0.3) is 5.69 Å². The highest BCUT2D eigenvalue weighted by Crippen LogP contribution is 2.25. The number of rotatable bonds is 3. The molecule has 0 aliphatic carbocycles. The summed E-state index contributed by atoms with van der Waals surface area (Å²) < 4.78 is 2.14. The predicted molar refractivity (Wildman–Crippen MR) is 68.3 cm³/mol. The fourth-order valence-electron chi connectivity index (χ4n) is 1.39. The number of hydrogen-bond acceptors (Lipinski definition) is 5.